The van der Waals surface area contributed by atoms with Gasteiger partial charge in [-0.25, -0.2) is 4.79 Å². The monoisotopic (exact) mass is 366 g/mol. The summed E-state index contributed by atoms with van der Waals surface area (Å²) in [6.45, 7) is 9.36. The average molecular weight is 367 g/mol. The Balaban J connectivity index is 1.90. The van der Waals surface area contributed by atoms with E-state index >= 15 is 0 Å². The highest BCUT2D eigenvalue weighted by atomic mass is 32.2. The van der Waals surface area contributed by atoms with Crippen molar-refractivity contribution in [1.82, 2.24) is 0 Å². The fraction of sp³-hybridized carbons (Fsp3) is 0.348. The number of rotatable bonds is 4. The summed E-state index contributed by atoms with van der Waals surface area (Å²) in [7, 11) is 0. The van der Waals surface area contributed by atoms with Crippen LogP contribution < -0.4 is 0 Å². The maximum atomic E-state index is 10.7. The average Bonchev–Trinajstić information content (AvgIpc) is 2.58. The molecule has 0 fully saturated rings. The highest BCUT2D eigenvalue weighted by Crippen LogP contribution is 2.47. The first-order chi connectivity index (χ1) is 12.2. The second kappa shape index (κ2) is 6.96. The number of hydrogen-bond acceptors (Lipinski definition) is 2. The van der Waals surface area contributed by atoms with Crippen LogP contribution in [-0.4, -0.2) is 11.1 Å². The Hall–Kier alpha value is -2.00. The number of hydrogen-bond donors (Lipinski definition) is 1. The molecule has 0 aliphatic heterocycles. The molecule has 136 valence electrons. The molecule has 0 atom stereocenters. The van der Waals surface area contributed by atoms with Crippen molar-refractivity contribution in [2.75, 3.05) is 0 Å². The molecule has 2 aromatic carbocycles. The molecule has 1 N–H and O–H groups in total. The molecule has 0 saturated heterocycles. The minimum Gasteiger partial charge on any atom is -0.478 e. The van der Waals surface area contributed by atoms with E-state index < -0.39 is 5.97 Å². The van der Waals surface area contributed by atoms with Crippen LogP contribution in [-0.2, 0) is 15.6 Å². The fourth-order valence-corrected chi connectivity index (χ4v) is 4.54. The molecule has 0 bridgehead atoms. The van der Waals surface area contributed by atoms with Crippen LogP contribution in [0.2, 0.25) is 0 Å². The molecule has 26 heavy (non-hydrogen) atoms. The van der Waals surface area contributed by atoms with Gasteiger partial charge < -0.3 is 5.11 Å². The van der Waals surface area contributed by atoms with Crippen LogP contribution in [0.15, 0.2) is 58.3 Å². The van der Waals surface area contributed by atoms with E-state index in [2.05, 4.69) is 52.0 Å². The predicted octanol–water partition coefficient (Wildman–Crippen LogP) is 6.28. The number of carboxylic acid groups (broad SMARTS) is 1. The van der Waals surface area contributed by atoms with Gasteiger partial charge in [0.15, 0.2) is 0 Å². The van der Waals surface area contributed by atoms with E-state index in [1.807, 2.05) is 18.2 Å². The van der Waals surface area contributed by atoms with Gasteiger partial charge in [-0.15, -0.1) is 0 Å². The molecule has 0 aromatic heterocycles. The zero-order valence-electron chi connectivity index (χ0n) is 15.9. The van der Waals surface area contributed by atoms with Crippen LogP contribution in [0.4, 0.5) is 0 Å². The van der Waals surface area contributed by atoms with E-state index in [1.165, 1.54) is 34.9 Å². The molecule has 0 saturated carbocycles. The van der Waals surface area contributed by atoms with Gasteiger partial charge in [-0.2, -0.15) is 0 Å². The first kappa shape index (κ1) is 18.8. The largest absolute Gasteiger partial charge is 0.478 e. The molecule has 1 aliphatic carbocycles. The Bertz CT molecular complexity index is 862. The van der Waals surface area contributed by atoms with Crippen LogP contribution in [0, 0.1) is 0 Å². The van der Waals surface area contributed by atoms with Crippen molar-refractivity contribution in [2.45, 2.75) is 61.2 Å². The van der Waals surface area contributed by atoms with E-state index in [9.17, 15) is 4.79 Å². The van der Waals surface area contributed by atoms with Crippen molar-refractivity contribution >= 4 is 23.8 Å². The maximum Gasteiger partial charge on any atom is 0.328 e. The first-order valence-electron chi connectivity index (χ1n) is 9.01. The summed E-state index contributed by atoms with van der Waals surface area (Å²) >= 11 is 1.73. The molecule has 0 amide bonds. The summed E-state index contributed by atoms with van der Waals surface area (Å²) < 4.78 is 0. The molecular weight excluding hydrogens is 340 g/mol. The third-order valence-electron chi connectivity index (χ3n) is 5.34. The van der Waals surface area contributed by atoms with Crippen LogP contribution in [0.3, 0.4) is 0 Å². The van der Waals surface area contributed by atoms with E-state index in [-0.39, 0.29) is 10.8 Å². The summed E-state index contributed by atoms with van der Waals surface area (Å²) in [6.07, 6.45) is 5.23. The topological polar surface area (TPSA) is 37.3 Å². The number of aliphatic carboxylic acids is 1. The SMILES string of the molecule is CC1(C)CCC(C)(C)c2cc(Sc3cccc(/C=C/C(=O)O)c3)ccc21. The number of benzene rings is 2. The van der Waals surface area contributed by atoms with Crippen molar-refractivity contribution in [3.63, 3.8) is 0 Å². The lowest BCUT2D eigenvalue weighted by molar-refractivity contribution is -0.131. The second-order valence-electron chi connectivity index (χ2n) is 8.32. The first-order valence-corrected chi connectivity index (χ1v) is 9.83. The molecule has 0 unspecified atom stereocenters. The highest BCUT2D eigenvalue weighted by Gasteiger charge is 2.36. The lowest BCUT2D eigenvalue weighted by atomic mass is 9.63. The molecule has 3 heteroatoms. The summed E-state index contributed by atoms with van der Waals surface area (Å²) in [4.78, 5) is 13.1. The molecule has 0 radical (unpaired) electrons. The normalized spacial score (nSPS) is 17.8. The Kier molecular flexibility index (Phi) is 5.03. The van der Waals surface area contributed by atoms with Gasteiger partial charge in [0.25, 0.3) is 0 Å². The van der Waals surface area contributed by atoms with Crippen molar-refractivity contribution in [2.24, 2.45) is 0 Å². The van der Waals surface area contributed by atoms with E-state index in [1.54, 1.807) is 17.8 Å². The molecule has 2 nitrogen and oxygen atoms in total. The van der Waals surface area contributed by atoms with Crippen molar-refractivity contribution < 1.29 is 9.90 Å². The maximum absolute atomic E-state index is 10.7. The molecule has 0 heterocycles. The summed E-state index contributed by atoms with van der Waals surface area (Å²) in [6, 6.07) is 14.8. The van der Waals surface area contributed by atoms with Gasteiger partial charge >= 0.3 is 5.97 Å². The van der Waals surface area contributed by atoms with Crippen molar-refractivity contribution in [3.8, 4) is 0 Å². The molecule has 0 spiro atoms. The fourth-order valence-electron chi connectivity index (χ4n) is 3.62. The van der Waals surface area contributed by atoms with Gasteiger partial charge in [-0.05, 0) is 70.7 Å². The Morgan fingerprint density at radius 2 is 1.62 bits per heavy atom. The number of carboxylic acids is 1. The van der Waals surface area contributed by atoms with Crippen molar-refractivity contribution in [1.29, 1.82) is 0 Å². The van der Waals surface area contributed by atoms with Crippen LogP contribution in [0.5, 0.6) is 0 Å². The van der Waals surface area contributed by atoms with Crippen molar-refractivity contribution in [3.05, 3.63) is 65.2 Å². The zero-order valence-corrected chi connectivity index (χ0v) is 16.7. The molecule has 1 aliphatic rings. The molecular formula is C23H26O2S. The third kappa shape index (κ3) is 4.04. The Labute approximate surface area is 160 Å². The van der Waals surface area contributed by atoms with Gasteiger partial charge in [0, 0.05) is 15.9 Å². The molecule has 3 rings (SSSR count). The summed E-state index contributed by atoms with van der Waals surface area (Å²) in [5, 5.41) is 8.79. The number of fused-ring (bicyclic) bond motifs is 1. The van der Waals surface area contributed by atoms with Gasteiger partial charge in [-0.1, -0.05) is 57.7 Å². The summed E-state index contributed by atoms with van der Waals surface area (Å²) in [5.41, 5.74) is 4.26. The van der Waals surface area contributed by atoms with Crippen LogP contribution >= 0.6 is 11.8 Å². The standard InChI is InChI=1S/C23H26O2S/c1-22(2)12-13-23(3,4)20-15-18(9-10-19(20)22)26-17-7-5-6-16(14-17)8-11-21(24)25/h5-11,14-15H,12-13H2,1-4H3,(H,24,25)/b11-8+. The third-order valence-corrected chi connectivity index (χ3v) is 6.32. The predicted molar refractivity (Wildman–Crippen MR) is 109 cm³/mol. The van der Waals surface area contributed by atoms with Crippen LogP contribution in [0.25, 0.3) is 6.08 Å². The van der Waals surface area contributed by atoms with Gasteiger partial charge in [0.05, 0.1) is 0 Å². The van der Waals surface area contributed by atoms with E-state index in [0.717, 1.165) is 10.5 Å². The minimum atomic E-state index is -0.928. The Morgan fingerprint density at radius 3 is 2.31 bits per heavy atom. The zero-order chi connectivity index (χ0) is 18.9. The lowest BCUT2D eigenvalue weighted by Crippen LogP contribution is -2.33. The number of carbonyl (C=O) groups is 1. The smallest absolute Gasteiger partial charge is 0.328 e. The van der Waals surface area contributed by atoms with Gasteiger partial charge in [0.2, 0.25) is 0 Å². The minimum absolute atomic E-state index is 0.202. The molecule has 2 aromatic rings. The summed E-state index contributed by atoms with van der Waals surface area (Å²) in [5.74, 6) is -0.928. The lowest BCUT2D eigenvalue weighted by Gasteiger charge is -2.42. The van der Waals surface area contributed by atoms with Gasteiger partial charge in [0.1, 0.15) is 0 Å². The highest BCUT2D eigenvalue weighted by molar-refractivity contribution is 7.99. The Morgan fingerprint density at radius 1 is 0.962 bits per heavy atom. The van der Waals surface area contributed by atoms with Gasteiger partial charge in [-0.3, -0.25) is 0 Å². The quantitative estimate of drug-likeness (QED) is 0.647. The van der Waals surface area contributed by atoms with E-state index in [4.69, 9.17) is 5.11 Å². The van der Waals surface area contributed by atoms with Crippen LogP contribution in [0.1, 0.15) is 57.2 Å². The van der Waals surface area contributed by atoms with E-state index in [0.29, 0.717) is 0 Å². The second-order valence-corrected chi connectivity index (χ2v) is 9.47.